The van der Waals surface area contributed by atoms with Crippen LogP contribution in [0.3, 0.4) is 0 Å². The van der Waals surface area contributed by atoms with Gasteiger partial charge in [-0.15, -0.1) is 0 Å². The Labute approximate surface area is 275 Å². The molecular formula is C36H69NO8. The zero-order valence-electron chi connectivity index (χ0n) is 29.8. The number of rotatable bonds is 33. The summed E-state index contributed by atoms with van der Waals surface area (Å²) in [4.78, 5) is 36.5. The van der Waals surface area contributed by atoms with E-state index in [0.29, 0.717) is 17.4 Å². The fourth-order valence-corrected chi connectivity index (χ4v) is 4.95. The summed E-state index contributed by atoms with van der Waals surface area (Å²) in [7, 11) is 5.89. The number of quaternary nitrogens is 1. The molecule has 9 heteroatoms. The van der Waals surface area contributed by atoms with Gasteiger partial charge < -0.3 is 33.3 Å². The van der Waals surface area contributed by atoms with Crippen LogP contribution in [-0.2, 0) is 33.3 Å². The smallest absolute Gasteiger partial charge is 0.306 e. The van der Waals surface area contributed by atoms with Crippen LogP contribution in [0, 0.1) is 0 Å². The third-order valence-electron chi connectivity index (χ3n) is 7.85. The second-order valence-electron chi connectivity index (χ2n) is 13.5. The number of unbranched alkanes of at least 4 members (excludes halogenated alkanes) is 18. The molecule has 0 aliphatic heterocycles. The van der Waals surface area contributed by atoms with Gasteiger partial charge in [-0.2, -0.15) is 0 Å². The summed E-state index contributed by atoms with van der Waals surface area (Å²) in [6, 6.07) is 0. The number of carbonyl (C=O) groups is 3. The SMILES string of the molecule is CCCCCCCCCCCCCCC(=O)OC(COC(=O)CCCCCCCCCC)COC(OCC[N+](C)(C)C)C(=O)[O-]. The predicted octanol–water partition coefficient (Wildman–Crippen LogP) is 6.88. The predicted molar refractivity (Wildman–Crippen MR) is 177 cm³/mol. The molecule has 0 aliphatic rings. The third-order valence-corrected chi connectivity index (χ3v) is 7.85. The Kier molecular flexibility index (Phi) is 28.5. The summed E-state index contributed by atoms with van der Waals surface area (Å²) in [5.74, 6) is -2.28. The van der Waals surface area contributed by atoms with Gasteiger partial charge in [0.15, 0.2) is 12.4 Å². The van der Waals surface area contributed by atoms with E-state index in [-0.39, 0.29) is 32.2 Å². The van der Waals surface area contributed by atoms with Gasteiger partial charge in [-0.05, 0) is 12.8 Å². The first-order valence-corrected chi connectivity index (χ1v) is 18.2. The molecule has 0 radical (unpaired) electrons. The molecule has 0 aromatic rings. The van der Waals surface area contributed by atoms with Crippen molar-refractivity contribution in [3.8, 4) is 0 Å². The van der Waals surface area contributed by atoms with Crippen molar-refractivity contribution in [1.29, 1.82) is 0 Å². The van der Waals surface area contributed by atoms with E-state index in [1.54, 1.807) is 0 Å². The van der Waals surface area contributed by atoms with Gasteiger partial charge in [-0.1, -0.05) is 129 Å². The maximum absolute atomic E-state index is 12.6. The second kappa shape index (κ2) is 29.7. The monoisotopic (exact) mass is 644 g/mol. The lowest BCUT2D eigenvalue weighted by Crippen LogP contribution is -2.44. The van der Waals surface area contributed by atoms with E-state index in [4.69, 9.17) is 18.9 Å². The molecule has 0 heterocycles. The van der Waals surface area contributed by atoms with Crippen LogP contribution in [-0.4, -0.2) is 82.3 Å². The first kappa shape index (κ1) is 43.3. The number of ether oxygens (including phenoxy) is 4. The number of hydrogen-bond acceptors (Lipinski definition) is 8. The van der Waals surface area contributed by atoms with Gasteiger partial charge in [0, 0.05) is 12.8 Å². The van der Waals surface area contributed by atoms with Crippen LogP contribution in [0.2, 0.25) is 0 Å². The Hall–Kier alpha value is -1.71. The van der Waals surface area contributed by atoms with Gasteiger partial charge in [0.25, 0.3) is 0 Å². The topological polar surface area (TPSA) is 111 Å². The molecule has 0 aromatic heterocycles. The van der Waals surface area contributed by atoms with Gasteiger partial charge in [0.2, 0.25) is 0 Å². The van der Waals surface area contributed by atoms with Crippen molar-refractivity contribution in [1.82, 2.24) is 0 Å². The Morgan fingerprint density at radius 1 is 0.578 bits per heavy atom. The molecular weight excluding hydrogens is 574 g/mol. The van der Waals surface area contributed by atoms with Crippen molar-refractivity contribution in [3.05, 3.63) is 0 Å². The summed E-state index contributed by atoms with van der Waals surface area (Å²) >= 11 is 0. The van der Waals surface area contributed by atoms with Gasteiger partial charge in [-0.3, -0.25) is 9.59 Å². The largest absolute Gasteiger partial charge is 0.545 e. The van der Waals surface area contributed by atoms with E-state index in [0.717, 1.165) is 38.5 Å². The van der Waals surface area contributed by atoms with E-state index in [2.05, 4.69) is 13.8 Å². The molecule has 0 saturated carbocycles. The maximum atomic E-state index is 12.6. The molecule has 0 spiro atoms. The third kappa shape index (κ3) is 30.7. The lowest BCUT2D eigenvalue weighted by Gasteiger charge is -2.26. The molecule has 2 unspecified atom stereocenters. The summed E-state index contributed by atoms with van der Waals surface area (Å²) in [5.41, 5.74) is 0. The standard InChI is InChI=1S/C36H69NO8/c1-6-8-10-12-14-16-17-18-19-21-23-25-27-34(39)45-32(31-44-36(35(40)41)42-29-28-37(3,4)5)30-43-33(38)26-24-22-20-15-13-11-9-7-2/h32,36H,6-31H2,1-5H3. The number of aliphatic carboxylic acids is 1. The zero-order chi connectivity index (χ0) is 33.6. The summed E-state index contributed by atoms with van der Waals surface area (Å²) in [5, 5.41) is 11.6. The van der Waals surface area contributed by atoms with E-state index in [1.807, 2.05) is 21.1 Å². The fourth-order valence-electron chi connectivity index (χ4n) is 4.95. The van der Waals surface area contributed by atoms with Gasteiger partial charge in [0.05, 0.1) is 40.3 Å². The first-order valence-electron chi connectivity index (χ1n) is 18.2. The van der Waals surface area contributed by atoms with Crippen LogP contribution in [0.25, 0.3) is 0 Å². The summed E-state index contributed by atoms with van der Waals surface area (Å²) in [6.07, 6.45) is 21.4. The first-order chi connectivity index (χ1) is 21.6. The molecule has 0 rings (SSSR count). The highest BCUT2D eigenvalue weighted by molar-refractivity contribution is 5.70. The highest BCUT2D eigenvalue weighted by atomic mass is 16.7. The number of likely N-dealkylation sites (N-methyl/N-ethyl adjacent to an activating group) is 1. The van der Waals surface area contributed by atoms with Crippen LogP contribution in [0.5, 0.6) is 0 Å². The lowest BCUT2D eigenvalue weighted by atomic mass is 10.0. The Morgan fingerprint density at radius 3 is 1.42 bits per heavy atom. The minimum atomic E-state index is -1.61. The molecule has 0 amide bonds. The Morgan fingerprint density at radius 2 is 1.00 bits per heavy atom. The fraction of sp³-hybridized carbons (Fsp3) is 0.917. The van der Waals surface area contributed by atoms with E-state index >= 15 is 0 Å². The zero-order valence-corrected chi connectivity index (χ0v) is 29.8. The van der Waals surface area contributed by atoms with Crippen molar-refractivity contribution >= 4 is 17.9 Å². The average molecular weight is 644 g/mol. The number of esters is 2. The minimum Gasteiger partial charge on any atom is -0.545 e. The van der Waals surface area contributed by atoms with Crippen molar-refractivity contribution in [2.75, 3.05) is 47.5 Å². The van der Waals surface area contributed by atoms with Crippen molar-refractivity contribution in [2.45, 2.75) is 167 Å². The molecule has 45 heavy (non-hydrogen) atoms. The molecule has 0 aliphatic carbocycles. The average Bonchev–Trinajstić information content (AvgIpc) is 2.98. The molecule has 0 N–H and O–H groups in total. The van der Waals surface area contributed by atoms with Crippen molar-refractivity contribution in [2.24, 2.45) is 0 Å². The quantitative estimate of drug-likeness (QED) is 0.0329. The van der Waals surface area contributed by atoms with Gasteiger partial charge in [-0.25, -0.2) is 0 Å². The van der Waals surface area contributed by atoms with Crippen LogP contribution < -0.4 is 5.11 Å². The van der Waals surface area contributed by atoms with Crippen molar-refractivity contribution in [3.63, 3.8) is 0 Å². The van der Waals surface area contributed by atoms with E-state index in [1.165, 1.54) is 89.9 Å². The molecule has 9 nitrogen and oxygen atoms in total. The van der Waals surface area contributed by atoms with Gasteiger partial charge in [0.1, 0.15) is 13.2 Å². The second-order valence-corrected chi connectivity index (χ2v) is 13.5. The molecule has 2 atom stereocenters. The number of carbonyl (C=O) groups excluding carboxylic acids is 3. The number of nitrogens with zero attached hydrogens (tertiary/aromatic N) is 1. The maximum Gasteiger partial charge on any atom is 0.306 e. The van der Waals surface area contributed by atoms with E-state index in [9.17, 15) is 19.5 Å². The van der Waals surface area contributed by atoms with Crippen molar-refractivity contribution < 1.29 is 42.9 Å². The van der Waals surface area contributed by atoms with Crippen LogP contribution in [0.1, 0.15) is 155 Å². The summed E-state index contributed by atoms with van der Waals surface area (Å²) in [6.45, 7) is 4.69. The molecule has 0 bridgehead atoms. The number of carboxylic acid groups (broad SMARTS) is 1. The molecule has 266 valence electrons. The van der Waals surface area contributed by atoms with Crippen LogP contribution in [0.15, 0.2) is 0 Å². The Balaban J connectivity index is 4.55. The van der Waals surface area contributed by atoms with Gasteiger partial charge >= 0.3 is 11.9 Å². The number of hydrogen-bond donors (Lipinski definition) is 0. The molecule has 0 aromatic carbocycles. The highest BCUT2D eigenvalue weighted by Gasteiger charge is 2.21. The minimum absolute atomic E-state index is 0.152. The summed E-state index contributed by atoms with van der Waals surface area (Å²) < 4.78 is 22.3. The van der Waals surface area contributed by atoms with Crippen LogP contribution in [0.4, 0.5) is 0 Å². The molecule has 0 fully saturated rings. The van der Waals surface area contributed by atoms with E-state index < -0.39 is 24.3 Å². The number of carboxylic acids is 1. The molecule has 0 saturated heterocycles. The van der Waals surface area contributed by atoms with Crippen LogP contribution >= 0.6 is 0 Å². The Bertz CT molecular complexity index is 724. The normalized spacial score (nSPS) is 13.0. The highest BCUT2D eigenvalue weighted by Crippen LogP contribution is 2.14. The lowest BCUT2D eigenvalue weighted by molar-refractivity contribution is -0.870.